The Labute approximate surface area is 188 Å². The molecule has 2 N–H and O–H groups in total. The molecule has 0 aliphatic carbocycles. The standard InChI is InChI=1S/C20H30N4O2S.HI/c1-25-14-12-24-10-7-17(8-11-24)23-20(22-16-19-5-3-15-27-19)21-9-6-18-4-2-13-26-18;/h2-5,13,15,17H,6-12,14,16H2,1H3,(H2,21,22,23);1H. The van der Waals surface area contributed by atoms with Crippen LogP contribution in [-0.2, 0) is 17.7 Å². The summed E-state index contributed by atoms with van der Waals surface area (Å²) in [6, 6.07) is 8.59. The number of aliphatic imine (C=N–C) groups is 1. The lowest BCUT2D eigenvalue weighted by Crippen LogP contribution is -2.49. The molecule has 0 amide bonds. The molecule has 1 aliphatic heterocycles. The van der Waals surface area contributed by atoms with E-state index < -0.39 is 0 Å². The van der Waals surface area contributed by atoms with Crippen LogP contribution in [0.15, 0.2) is 45.3 Å². The first-order chi connectivity index (χ1) is 13.3. The Balaban J connectivity index is 0.00000280. The van der Waals surface area contributed by atoms with Crippen LogP contribution < -0.4 is 10.6 Å². The summed E-state index contributed by atoms with van der Waals surface area (Å²) < 4.78 is 10.6. The molecule has 0 saturated carbocycles. The molecule has 0 unspecified atom stereocenters. The molecule has 156 valence electrons. The van der Waals surface area contributed by atoms with Crippen molar-refractivity contribution < 1.29 is 9.15 Å². The van der Waals surface area contributed by atoms with Gasteiger partial charge in [-0.15, -0.1) is 35.3 Å². The molecule has 0 bridgehead atoms. The van der Waals surface area contributed by atoms with Crippen LogP contribution in [0.1, 0.15) is 23.5 Å². The molecule has 2 aromatic rings. The van der Waals surface area contributed by atoms with E-state index in [1.165, 1.54) is 4.88 Å². The molecule has 6 nitrogen and oxygen atoms in total. The normalized spacial score (nSPS) is 16.0. The third kappa shape index (κ3) is 8.10. The molecular formula is C20H31IN4O2S. The summed E-state index contributed by atoms with van der Waals surface area (Å²) in [4.78, 5) is 8.53. The zero-order valence-electron chi connectivity index (χ0n) is 16.4. The van der Waals surface area contributed by atoms with Gasteiger partial charge in [0.2, 0.25) is 0 Å². The van der Waals surface area contributed by atoms with Crippen molar-refractivity contribution in [3.05, 3.63) is 46.5 Å². The number of hydrogen-bond donors (Lipinski definition) is 2. The fourth-order valence-corrected chi connectivity index (χ4v) is 3.81. The Morgan fingerprint density at radius 3 is 2.86 bits per heavy atom. The van der Waals surface area contributed by atoms with Gasteiger partial charge in [0.1, 0.15) is 5.76 Å². The second-order valence-corrected chi connectivity index (χ2v) is 7.79. The highest BCUT2D eigenvalue weighted by atomic mass is 127. The van der Waals surface area contributed by atoms with Crippen molar-refractivity contribution >= 4 is 41.3 Å². The number of nitrogens with zero attached hydrogens (tertiary/aromatic N) is 2. The average molecular weight is 518 g/mol. The van der Waals surface area contributed by atoms with Crippen molar-refractivity contribution in [3.8, 4) is 0 Å². The van der Waals surface area contributed by atoms with Gasteiger partial charge in [-0.2, -0.15) is 0 Å². The van der Waals surface area contributed by atoms with Gasteiger partial charge < -0.3 is 24.7 Å². The van der Waals surface area contributed by atoms with Crippen molar-refractivity contribution in [2.75, 3.05) is 39.9 Å². The molecule has 3 rings (SSSR count). The van der Waals surface area contributed by atoms with Crippen molar-refractivity contribution in [2.24, 2.45) is 4.99 Å². The van der Waals surface area contributed by atoms with Crippen molar-refractivity contribution in [3.63, 3.8) is 0 Å². The van der Waals surface area contributed by atoms with Crippen molar-refractivity contribution in [1.29, 1.82) is 0 Å². The Morgan fingerprint density at radius 2 is 2.18 bits per heavy atom. The second-order valence-electron chi connectivity index (χ2n) is 6.75. The Bertz CT molecular complexity index is 656. The molecule has 0 spiro atoms. The van der Waals surface area contributed by atoms with E-state index in [0.29, 0.717) is 12.6 Å². The minimum atomic E-state index is 0. The molecule has 8 heteroatoms. The highest BCUT2D eigenvalue weighted by Gasteiger charge is 2.19. The summed E-state index contributed by atoms with van der Waals surface area (Å²) in [6.07, 6.45) is 4.82. The van der Waals surface area contributed by atoms with Gasteiger partial charge in [-0.05, 0) is 36.4 Å². The number of ether oxygens (including phenoxy) is 1. The van der Waals surface area contributed by atoms with E-state index in [4.69, 9.17) is 14.1 Å². The quantitative estimate of drug-likeness (QED) is 0.303. The number of furan rings is 1. The number of nitrogens with one attached hydrogen (secondary N) is 2. The van der Waals surface area contributed by atoms with Crippen molar-refractivity contribution in [2.45, 2.75) is 31.8 Å². The van der Waals surface area contributed by atoms with E-state index in [1.807, 2.05) is 12.1 Å². The van der Waals surface area contributed by atoms with E-state index in [1.54, 1.807) is 24.7 Å². The predicted molar refractivity (Wildman–Crippen MR) is 126 cm³/mol. The molecule has 0 radical (unpaired) electrons. The van der Waals surface area contributed by atoms with Crippen LogP contribution in [-0.4, -0.2) is 56.8 Å². The van der Waals surface area contributed by atoms with Crippen LogP contribution in [0, 0.1) is 0 Å². The Morgan fingerprint density at radius 1 is 1.32 bits per heavy atom. The second kappa shape index (κ2) is 13.2. The fraction of sp³-hybridized carbons (Fsp3) is 0.550. The fourth-order valence-electron chi connectivity index (χ4n) is 3.19. The molecule has 2 aromatic heterocycles. The van der Waals surface area contributed by atoms with Gasteiger partial charge in [0, 0.05) is 50.6 Å². The minimum absolute atomic E-state index is 0. The van der Waals surface area contributed by atoms with Crippen LogP contribution in [0.5, 0.6) is 0 Å². The smallest absolute Gasteiger partial charge is 0.191 e. The number of methoxy groups -OCH3 is 1. The van der Waals surface area contributed by atoms with Crippen LogP contribution >= 0.6 is 35.3 Å². The van der Waals surface area contributed by atoms with Crippen LogP contribution in [0.2, 0.25) is 0 Å². The molecule has 3 heterocycles. The summed E-state index contributed by atoms with van der Waals surface area (Å²) in [5, 5.41) is 9.19. The molecule has 0 atom stereocenters. The van der Waals surface area contributed by atoms with Gasteiger partial charge in [-0.3, -0.25) is 0 Å². The van der Waals surface area contributed by atoms with E-state index in [0.717, 1.165) is 63.8 Å². The predicted octanol–water partition coefficient (Wildman–Crippen LogP) is 3.35. The summed E-state index contributed by atoms with van der Waals surface area (Å²) in [5.41, 5.74) is 0. The zero-order valence-corrected chi connectivity index (χ0v) is 19.6. The summed E-state index contributed by atoms with van der Waals surface area (Å²) in [5.74, 6) is 1.89. The minimum Gasteiger partial charge on any atom is -0.469 e. The number of halogens is 1. The third-order valence-electron chi connectivity index (χ3n) is 4.76. The van der Waals surface area contributed by atoms with E-state index in [-0.39, 0.29) is 24.0 Å². The highest BCUT2D eigenvalue weighted by Crippen LogP contribution is 2.11. The summed E-state index contributed by atoms with van der Waals surface area (Å²) in [6.45, 7) is 5.54. The highest BCUT2D eigenvalue weighted by molar-refractivity contribution is 14.0. The topological polar surface area (TPSA) is 62.0 Å². The molecule has 28 heavy (non-hydrogen) atoms. The zero-order chi connectivity index (χ0) is 18.7. The average Bonchev–Trinajstić information content (AvgIpc) is 3.39. The van der Waals surface area contributed by atoms with E-state index >= 15 is 0 Å². The molecule has 1 fully saturated rings. The van der Waals surface area contributed by atoms with Crippen molar-refractivity contribution in [1.82, 2.24) is 15.5 Å². The van der Waals surface area contributed by atoms with Gasteiger partial charge in [-0.1, -0.05) is 6.07 Å². The lowest BCUT2D eigenvalue weighted by Gasteiger charge is -2.32. The number of thiophene rings is 1. The van der Waals surface area contributed by atoms with Gasteiger partial charge in [0.15, 0.2) is 5.96 Å². The summed E-state index contributed by atoms with van der Waals surface area (Å²) in [7, 11) is 1.76. The maximum Gasteiger partial charge on any atom is 0.191 e. The monoisotopic (exact) mass is 518 g/mol. The first-order valence-electron chi connectivity index (χ1n) is 9.64. The van der Waals surface area contributed by atoms with Gasteiger partial charge in [-0.25, -0.2) is 4.99 Å². The Kier molecular flexibility index (Phi) is 10.9. The number of hydrogen-bond acceptors (Lipinski definition) is 5. The van der Waals surface area contributed by atoms with Gasteiger partial charge >= 0.3 is 0 Å². The SMILES string of the molecule is COCCN1CCC(NC(=NCc2cccs2)NCCc2ccco2)CC1.I. The van der Waals surface area contributed by atoms with Crippen LogP contribution in [0.25, 0.3) is 0 Å². The maximum atomic E-state index is 5.41. The van der Waals surface area contributed by atoms with Gasteiger partial charge in [0.05, 0.1) is 19.4 Å². The third-order valence-corrected chi connectivity index (χ3v) is 5.62. The Hall–Kier alpha value is -1.10. The first kappa shape index (κ1) is 23.2. The molecule has 1 saturated heterocycles. The van der Waals surface area contributed by atoms with Crippen LogP contribution in [0.4, 0.5) is 0 Å². The number of piperidine rings is 1. The summed E-state index contributed by atoms with van der Waals surface area (Å²) >= 11 is 1.74. The first-order valence-corrected chi connectivity index (χ1v) is 10.5. The molecule has 0 aromatic carbocycles. The number of rotatable bonds is 9. The largest absolute Gasteiger partial charge is 0.469 e. The number of guanidine groups is 1. The maximum absolute atomic E-state index is 5.41. The lowest BCUT2D eigenvalue weighted by atomic mass is 10.1. The van der Waals surface area contributed by atoms with Crippen LogP contribution in [0.3, 0.4) is 0 Å². The molecular weight excluding hydrogens is 487 g/mol. The number of likely N-dealkylation sites (tertiary alicyclic amines) is 1. The van der Waals surface area contributed by atoms with Gasteiger partial charge in [0.25, 0.3) is 0 Å². The van der Waals surface area contributed by atoms with E-state index in [2.05, 4.69) is 33.0 Å². The molecule has 1 aliphatic rings. The lowest BCUT2D eigenvalue weighted by molar-refractivity contribution is 0.128. The van der Waals surface area contributed by atoms with E-state index in [9.17, 15) is 0 Å².